The number of nitrogens with zero attached hydrogens (tertiary/aromatic N) is 3. The van der Waals surface area contributed by atoms with Crippen molar-refractivity contribution in [2.75, 3.05) is 0 Å². The molecule has 0 amide bonds. The number of carbonyl (C=O) groups excluding carboxylic acids is 1. The summed E-state index contributed by atoms with van der Waals surface area (Å²) in [6.45, 7) is 11.7. The van der Waals surface area contributed by atoms with Crippen molar-refractivity contribution in [3.05, 3.63) is 125 Å². The molecular weight excluding hydrogens is 691 g/mol. The van der Waals surface area contributed by atoms with Gasteiger partial charge in [-0.25, -0.2) is 0 Å². The van der Waals surface area contributed by atoms with Crippen LogP contribution in [0.2, 0.25) is 0 Å². The van der Waals surface area contributed by atoms with Crippen LogP contribution in [0.4, 0.5) is 0 Å². The Morgan fingerprint density at radius 3 is 2.19 bits per heavy atom. The fraction of sp³-hybridized carbons (Fsp3) is 0.452. The number of thioether (sulfide) groups is 1. The van der Waals surface area contributed by atoms with Gasteiger partial charge in [-0.3, -0.25) is 4.79 Å². The monoisotopic (exact) mass is 739 g/mol. The van der Waals surface area contributed by atoms with Gasteiger partial charge >= 0.3 is 5.97 Å². The first-order valence-corrected chi connectivity index (χ1v) is 19.0. The van der Waals surface area contributed by atoms with Crippen LogP contribution in [0, 0.1) is 5.41 Å². The Labute approximate surface area is 316 Å². The van der Waals surface area contributed by atoms with Crippen LogP contribution < -0.4 is 0 Å². The SMILES string of the molecule is C[C@@H]1O[C@@H](Sc2ccccc2)[C@H](OC(=O)C(C)(C)C)[C@H](OCc2ccccc2)[C@H]1O[C@@H]1C[C@](C)(N=[N+]=[N-])[C@H](OCc2ccc3ccccc3c2)[C@@H](C)O1. The molecule has 2 heterocycles. The van der Waals surface area contributed by atoms with Gasteiger partial charge < -0.3 is 28.4 Å². The van der Waals surface area contributed by atoms with E-state index in [1.165, 1.54) is 11.8 Å². The van der Waals surface area contributed by atoms with Crippen molar-refractivity contribution in [1.29, 1.82) is 0 Å². The second-order valence-corrected chi connectivity index (χ2v) is 16.2. The van der Waals surface area contributed by atoms with Gasteiger partial charge in [0, 0.05) is 16.2 Å². The number of carbonyl (C=O) groups is 1. The van der Waals surface area contributed by atoms with Gasteiger partial charge in [-0.1, -0.05) is 109 Å². The molecular formula is C42H49N3O7S. The lowest BCUT2D eigenvalue weighted by atomic mass is 9.85. The van der Waals surface area contributed by atoms with Gasteiger partial charge in [0.15, 0.2) is 12.4 Å². The number of esters is 1. The largest absolute Gasteiger partial charge is 0.455 e. The molecule has 0 aromatic heterocycles. The van der Waals surface area contributed by atoms with Gasteiger partial charge in [-0.05, 0) is 80.2 Å². The summed E-state index contributed by atoms with van der Waals surface area (Å²) in [5.74, 6) is -0.378. The molecule has 11 heteroatoms. The molecule has 53 heavy (non-hydrogen) atoms. The Morgan fingerprint density at radius 1 is 0.830 bits per heavy atom. The van der Waals surface area contributed by atoms with Gasteiger partial charge in [0.1, 0.15) is 17.6 Å². The van der Waals surface area contributed by atoms with Crippen LogP contribution in [0.25, 0.3) is 21.2 Å². The molecule has 0 N–H and O–H groups in total. The summed E-state index contributed by atoms with van der Waals surface area (Å²) in [6, 6.07) is 34.1. The third-order valence-electron chi connectivity index (χ3n) is 9.67. The lowest BCUT2D eigenvalue weighted by Gasteiger charge is -2.49. The molecule has 10 nitrogen and oxygen atoms in total. The van der Waals surface area contributed by atoms with Gasteiger partial charge in [0.05, 0.1) is 42.5 Å². The van der Waals surface area contributed by atoms with E-state index in [4.69, 9.17) is 28.4 Å². The topological polar surface area (TPSA) is 121 Å². The molecule has 0 radical (unpaired) electrons. The molecule has 2 saturated heterocycles. The minimum atomic E-state index is -1.00. The maximum atomic E-state index is 13.5. The van der Waals surface area contributed by atoms with E-state index in [0.717, 1.165) is 26.8 Å². The van der Waals surface area contributed by atoms with Gasteiger partial charge in [-0.2, -0.15) is 0 Å². The van der Waals surface area contributed by atoms with Crippen LogP contribution in [-0.4, -0.2) is 59.9 Å². The minimum Gasteiger partial charge on any atom is -0.455 e. The Balaban J connectivity index is 1.25. The van der Waals surface area contributed by atoms with Crippen LogP contribution >= 0.6 is 11.8 Å². The standard InChI is InChI=1S/C42H49N3O7S/c1-27-35(51-34-24-42(6,44-45-43)38(28(2)49-34)48-26-30-21-22-31-17-13-14-18-32(31)23-30)36(47-25-29-15-9-7-10-16-29)37(52-40(46)41(3,4)5)39(50-27)53-33-19-11-8-12-20-33/h7-23,27-28,34-39H,24-26H2,1-6H3/t27-,28+,34+,35-,36+,37+,38+,39-,42-/m0/s1. The molecule has 0 bridgehead atoms. The molecule has 4 aromatic carbocycles. The lowest BCUT2D eigenvalue weighted by molar-refractivity contribution is -0.307. The number of hydrogen-bond donors (Lipinski definition) is 0. The van der Waals surface area contributed by atoms with Crippen molar-refractivity contribution in [1.82, 2.24) is 0 Å². The van der Waals surface area contributed by atoms with Crippen LogP contribution in [0.15, 0.2) is 113 Å². The van der Waals surface area contributed by atoms with E-state index in [-0.39, 0.29) is 19.0 Å². The average molecular weight is 740 g/mol. The summed E-state index contributed by atoms with van der Waals surface area (Å²) in [7, 11) is 0. The summed E-state index contributed by atoms with van der Waals surface area (Å²) in [5, 5.41) is 6.54. The molecule has 2 aliphatic heterocycles. The number of benzene rings is 4. The van der Waals surface area contributed by atoms with Crippen molar-refractivity contribution in [2.45, 2.75) is 120 Å². The number of ether oxygens (including phenoxy) is 6. The van der Waals surface area contributed by atoms with Crippen molar-refractivity contribution < 1.29 is 33.2 Å². The third kappa shape index (κ3) is 9.60. The van der Waals surface area contributed by atoms with Gasteiger partial charge in [-0.15, -0.1) is 0 Å². The zero-order chi connectivity index (χ0) is 37.6. The van der Waals surface area contributed by atoms with E-state index in [2.05, 4.69) is 34.3 Å². The maximum absolute atomic E-state index is 13.5. The van der Waals surface area contributed by atoms with Crippen molar-refractivity contribution in [3.63, 3.8) is 0 Å². The summed E-state index contributed by atoms with van der Waals surface area (Å²) >= 11 is 1.48. The molecule has 0 spiro atoms. The van der Waals surface area contributed by atoms with E-state index in [9.17, 15) is 10.3 Å². The van der Waals surface area contributed by atoms with Crippen molar-refractivity contribution in [2.24, 2.45) is 10.5 Å². The fourth-order valence-electron chi connectivity index (χ4n) is 6.87. The maximum Gasteiger partial charge on any atom is 0.311 e. The molecule has 4 aromatic rings. The zero-order valence-electron chi connectivity index (χ0n) is 31.2. The van der Waals surface area contributed by atoms with Crippen LogP contribution in [-0.2, 0) is 46.4 Å². The smallest absolute Gasteiger partial charge is 0.311 e. The average Bonchev–Trinajstić information content (AvgIpc) is 3.13. The molecule has 2 aliphatic rings. The quantitative estimate of drug-likeness (QED) is 0.0610. The molecule has 0 unspecified atom stereocenters. The summed E-state index contributed by atoms with van der Waals surface area (Å²) in [6.07, 6.45) is -4.42. The Kier molecular flexibility index (Phi) is 12.5. The van der Waals surface area contributed by atoms with Gasteiger partial charge in [0.2, 0.25) is 0 Å². The molecule has 0 saturated carbocycles. The number of azide groups is 1. The van der Waals surface area contributed by atoms with Crippen molar-refractivity contribution in [3.8, 4) is 0 Å². The first kappa shape index (κ1) is 38.8. The highest BCUT2D eigenvalue weighted by Gasteiger charge is 2.52. The Bertz CT molecular complexity index is 1870. The van der Waals surface area contributed by atoms with E-state index >= 15 is 0 Å². The lowest BCUT2D eigenvalue weighted by Crippen LogP contribution is -2.62. The highest BCUT2D eigenvalue weighted by molar-refractivity contribution is 7.99. The summed E-state index contributed by atoms with van der Waals surface area (Å²) in [4.78, 5) is 17.7. The first-order chi connectivity index (χ1) is 25.4. The third-order valence-corrected chi connectivity index (χ3v) is 10.8. The van der Waals surface area contributed by atoms with Gasteiger partial charge in [0.25, 0.3) is 0 Å². The highest BCUT2D eigenvalue weighted by atomic mass is 32.2. The summed E-state index contributed by atoms with van der Waals surface area (Å²) < 4.78 is 39.4. The highest BCUT2D eigenvalue weighted by Crippen LogP contribution is 2.41. The van der Waals surface area contributed by atoms with E-state index in [0.29, 0.717) is 6.61 Å². The fourth-order valence-corrected chi connectivity index (χ4v) is 8.03. The number of hydrogen-bond acceptors (Lipinski definition) is 9. The van der Waals surface area contributed by atoms with Crippen molar-refractivity contribution >= 4 is 28.5 Å². The summed E-state index contributed by atoms with van der Waals surface area (Å²) in [5.41, 5.74) is 9.32. The molecule has 0 aliphatic carbocycles. The Hall–Kier alpha value is -3.93. The minimum absolute atomic E-state index is 0.215. The second kappa shape index (κ2) is 17.0. The molecule has 280 valence electrons. The number of fused-ring (bicyclic) bond motifs is 1. The zero-order valence-corrected chi connectivity index (χ0v) is 32.0. The molecule has 2 fully saturated rings. The molecule has 9 atom stereocenters. The second-order valence-electron chi connectivity index (χ2n) is 15.1. The van der Waals surface area contributed by atoms with E-state index in [1.54, 1.807) is 0 Å². The number of rotatable bonds is 12. The Morgan fingerprint density at radius 2 is 1.49 bits per heavy atom. The molecule has 6 rings (SSSR count). The predicted octanol–water partition coefficient (Wildman–Crippen LogP) is 9.39. The van der Waals surface area contributed by atoms with E-state index in [1.807, 2.05) is 120 Å². The predicted molar refractivity (Wildman–Crippen MR) is 205 cm³/mol. The first-order valence-electron chi connectivity index (χ1n) is 18.1. The van der Waals surface area contributed by atoms with Crippen LogP contribution in [0.5, 0.6) is 0 Å². The normalized spacial score (nSPS) is 28.9. The van der Waals surface area contributed by atoms with Crippen LogP contribution in [0.1, 0.15) is 59.1 Å². The van der Waals surface area contributed by atoms with E-state index < -0.39 is 59.3 Å². The van der Waals surface area contributed by atoms with Crippen LogP contribution in [0.3, 0.4) is 0 Å².